The van der Waals surface area contributed by atoms with Crippen LogP contribution in [-0.4, -0.2) is 15.0 Å². The van der Waals surface area contributed by atoms with Gasteiger partial charge in [-0.15, -0.1) is 0 Å². The van der Waals surface area contributed by atoms with Crippen LogP contribution < -0.4 is 4.72 Å². The van der Waals surface area contributed by atoms with Gasteiger partial charge in [-0.25, -0.2) is 13.1 Å². The summed E-state index contributed by atoms with van der Waals surface area (Å²) in [5, 5.41) is 8.68. The molecule has 0 unspecified atom stereocenters. The molecule has 2 rings (SSSR count). The molecule has 0 heterocycles. The summed E-state index contributed by atoms with van der Waals surface area (Å²) >= 11 is 0. The van der Waals surface area contributed by atoms with E-state index in [1.54, 1.807) is 0 Å². The van der Waals surface area contributed by atoms with Crippen LogP contribution in [-0.2, 0) is 22.6 Å². The molecule has 24 heavy (non-hydrogen) atoms. The molecule has 0 amide bonds. The van der Waals surface area contributed by atoms with Gasteiger partial charge in [0.25, 0.3) is 0 Å². The van der Waals surface area contributed by atoms with Crippen molar-refractivity contribution in [2.75, 3.05) is 6.54 Å². The van der Waals surface area contributed by atoms with Gasteiger partial charge in [-0.3, -0.25) is 0 Å². The van der Waals surface area contributed by atoms with Crippen molar-refractivity contribution in [1.29, 1.82) is 5.26 Å². The molecule has 0 fully saturated rings. The second-order valence-electron chi connectivity index (χ2n) is 4.98. The van der Waals surface area contributed by atoms with E-state index >= 15 is 0 Å². The number of hydrogen-bond acceptors (Lipinski definition) is 3. The predicted octanol–water partition coefficient (Wildman–Crippen LogP) is 3.10. The highest BCUT2D eigenvalue weighted by Crippen LogP contribution is 2.29. The molecule has 0 radical (unpaired) electrons. The third kappa shape index (κ3) is 4.57. The Morgan fingerprint density at radius 2 is 1.58 bits per heavy atom. The Balaban J connectivity index is 1.96. The van der Waals surface area contributed by atoms with Crippen molar-refractivity contribution in [1.82, 2.24) is 4.72 Å². The van der Waals surface area contributed by atoms with Gasteiger partial charge in [-0.1, -0.05) is 12.1 Å². The molecule has 0 saturated carbocycles. The molecule has 4 nitrogen and oxygen atoms in total. The van der Waals surface area contributed by atoms with Crippen LogP contribution in [0.25, 0.3) is 0 Å². The molecular formula is C16H13F3N2O2S. The van der Waals surface area contributed by atoms with Crippen molar-refractivity contribution in [3.63, 3.8) is 0 Å². The van der Waals surface area contributed by atoms with E-state index in [9.17, 15) is 21.6 Å². The van der Waals surface area contributed by atoms with Crippen molar-refractivity contribution in [3.05, 3.63) is 65.2 Å². The Labute approximate surface area is 137 Å². The topological polar surface area (TPSA) is 70.0 Å². The Bertz CT molecular complexity index is 837. The lowest BCUT2D eigenvalue weighted by molar-refractivity contribution is -0.137. The highest BCUT2D eigenvalue weighted by molar-refractivity contribution is 7.89. The number of sulfonamides is 1. The number of benzene rings is 2. The highest BCUT2D eigenvalue weighted by atomic mass is 32.2. The summed E-state index contributed by atoms with van der Waals surface area (Å²) < 4.78 is 63.9. The standard InChI is InChI=1S/C16H13F3N2O2S/c17-16(18,19)14-5-1-12(2-6-14)9-10-21-24(22,23)15-7-3-13(11-20)4-8-15/h1-8,21H,9-10H2. The fraction of sp³-hybridized carbons (Fsp3) is 0.188. The fourth-order valence-corrected chi connectivity index (χ4v) is 3.01. The van der Waals surface area contributed by atoms with E-state index in [4.69, 9.17) is 5.26 Å². The highest BCUT2D eigenvalue weighted by Gasteiger charge is 2.29. The van der Waals surface area contributed by atoms with Gasteiger partial charge in [0.15, 0.2) is 0 Å². The SMILES string of the molecule is N#Cc1ccc(S(=O)(=O)NCCc2ccc(C(F)(F)F)cc2)cc1. The summed E-state index contributed by atoms with van der Waals surface area (Å²) in [6.07, 6.45) is -4.14. The summed E-state index contributed by atoms with van der Waals surface area (Å²) in [6.45, 7) is 0.0493. The van der Waals surface area contributed by atoms with Crippen LogP contribution in [0.1, 0.15) is 16.7 Å². The average molecular weight is 354 g/mol. The van der Waals surface area contributed by atoms with E-state index in [2.05, 4.69) is 4.72 Å². The first-order chi connectivity index (χ1) is 11.2. The van der Waals surface area contributed by atoms with E-state index in [-0.39, 0.29) is 17.9 Å². The lowest BCUT2D eigenvalue weighted by Crippen LogP contribution is -2.26. The minimum atomic E-state index is -4.39. The molecule has 1 N–H and O–H groups in total. The second-order valence-corrected chi connectivity index (χ2v) is 6.75. The van der Waals surface area contributed by atoms with Crippen LogP contribution >= 0.6 is 0 Å². The van der Waals surface area contributed by atoms with Gasteiger partial charge in [-0.05, 0) is 48.4 Å². The van der Waals surface area contributed by atoms with E-state index < -0.39 is 21.8 Å². The number of nitriles is 1. The smallest absolute Gasteiger partial charge is 0.211 e. The summed E-state index contributed by atoms with van der Waals surface area (Å²) in [4.78, 5) is 0.0221. The van der Waals surface area contributed by atoms with Gasteiger partial charge in [0, 0.05) is 6.54 Å². The molecule has 0 spiro atoms. The van der Waals surface area contributed by atoms with Gasteiger partial charge >= 0.3 is 6.18 Å². The normalized spacial score (nSPS) is 11.9. The summed E-state index contributed by atoms with van der Waals surface area (Å²) in [6, 6.07) is 11.9. The van der Waals surface area contributed by atoms with Crippen LogP contribution in [0.4, 0.5) is 13.2 Å². The van der Waals surface area contributed by atoms with Crippen LogP contribution in [0.5, 0.6) is 0 Å². The number of hydrogen-bond donors (Lipinski definition) is 1. The molecule has 0 aliphatic carbocycles. The molecule has 126 valence electrons. The lowest BCUT2D eigenvalue weighted by Gasteiger charge is -2.09. The number of nitrogens with one attached hydrogen (secondary N) is 1. The van der Waals surface area contributed by atoms with Gasteiger partial charge in [0.05, 0.1) is 22.1 Å². The number of rotatable bonds is 5. The van der Waals surface area contributed by atoms with Crippen LogP contribution in [0.15, 0.2) is 53.4 Å². The average Bonchev–Trinajstić information content (AvgIpc) is 2.54. The Morgan fingerprint density at radius 3 is 2.08 bits per heavy atom. The monoisotopic (exact) mass is 354 g/mol. The fourth-order valence-electron chi connectivity index (χ4n) is 1.98. The van der Waals surface area contributed by atoms with Crippen LogP contribution in [0.3, 0.4) is 0 Å². The van der Waals surface area contributed by atoms with Gasteiger partial charge < -0.3 is 0 Å². The third-order valence-electron chi connectivity index (χ3n) is 3.28. The first-order valence-corrected chi connectivity index (χ1v) is 8.37. The van der Waals surface area contributed by atoms with Gasteiger partial charge in [0.1, 0.15) is 0 Å². The minimum Gasteiger partial charge on any atom is -0.211 e. The quantitative estimate of drug-likeness (QED) is 0.897. The molecule has 0 atom stereocenters. The summed E-state index contributed by atoms with van der Waals surface area (Å²) in [7, 11) is -3.73. The van der Waals surface area contributed by atoms with E-state index in [0.717, 1.165) is 12.1 Å². The molecule has 0 bridgehead atoms. The van der Waals surface area contributed by atoms with E-state index in [0.29, 0.717) is 11.1 Å². The van der Waals surface area contributed by atoms with Crippen LogP contribution in [0, 0.1) is 11.3 Å². The number of halogens is 3. The van der Waals surface area contributed by atoms with Crippen molar-refractivity contribution < 1.29 is 21.6 Å². The van der Waals surface area contributed by atoms with Crippen molar-refractivity contribution >= 4 is 10.0 Å². The zero-order valence-electron chi connectivity index (χ0n) is 12.3. The van der Waals surface area contributed by atoms with E-state index in [1.165, 1.54) is 36.4 Å². The first-order valence-electron chi connectivity index (χ1n) is 6.88. The number of nitrogens with zero attached hydrogens (tertiary/aromatic N) is 1. The first kappa shape index (κ1) is 18.0. The van der Waals surface area contributed by atoms with Gasteiger partial charge in [-0.2, -0.15) is 18.4 Å². The van der Waals surface area contributed by atoms with Gasteiger partial charge in [0.2, 0.25) is 10.0 Å². The zero-order valence-corrected chi connectivity index (χ0v) is 13.2. The molecular weight excluding hydrogens is 341 g/mol. The summed E-state index contributed by atoms with van der Waals surface area (Å²) in [5.41, 5.74) is 0.189. The predicted molar refractivity (Wildman–Crippen MR) is 81.5 cm³/mol. The number of alkyl halides is 3. The van der Waals surface area contributed by atoms with Crippen LogP contribution in [0.2, 0.25) is 0 Å². The molecule has 2 aromatic rings. The second kappa shape index (κ2) is 7.03. The van der Waals surface area contributed by atoms with Crippen molar-refractivity contribution in [2.24, 2.45) is 0 Å². The van der Waals surface area contributed by atoms with E-state index in [1.807, 2.05) is 6.07 Å². The molecule has 8 heteroatoms. The van der Waals surface area contributed by atoms with Crippen molar-refractivity contribution in [2.45, 2.75) is 17.5 Å². The summed E-state index contributed by atoms with van der Waals surface area (Å²) in [5.74, 6) is 0. The minimum absolute atomic E-state index is 0.0221. The Hall–Kier alpha value is -2.37. The molecule has 0 aromatic heterocycles. The largest absolute Gasteiger partial charge is 0.416 e. The lowest BCUT2D eigenvalue weighted by atomic mass is 10.1. The maximum atomic E-state index is 12.5. The maximum absolute atomic E-state index is 12.5. The Kier molecular flexibility index (Phi) is 5.26. The third-order valence-corrected chi connectivity index (χ3v) is 4.76. The maximum Gasteiger partial charge on any atom is 0.416 e. The zero-order chi connectivity index (χ0) is 17.8. The molecule has 0 aliphatic heterocycles. The molecule has 0 aliphatic rings. The van der Waals surface area contributed by atoms with Crippen molar-refractivity contribution in [3.8, 4) is 6.07 Å². The molecule has 2 aromatic carbocycles. The Morgan fingerprint density at radius 1 is 1.00 bits per heavy atom. The molecule has 0 saturated heterocycles.